The number of benzene rings is 3. The van der Waals surface area contributed by atoms with Gasteiger partial charge in [-0.05, 0) is 77.2 Å². The maximum Gasteiger partial charge on any atom is 0.267 e. The first-order valence-corrected chi connectivity index (χ1v) is 14.4. The molecule has 3 N–H and O–H groups in total. The van der Waals surface area contributed by atoms with E-state index in [1.807, 2.05) is 60.0 Å². The fraction of sp³-hybridized carbons (Fsp3) is 0. The normalized spacial score (nSPS) is 11.2. The molecule has 0 saturated heterocycles. The second-order valence-corrected chi connectivity index (χ2v) is 11.2. The standard InChI is InChI=1S/C33H22FN3O2S2/c34-23-9-4-8-22(18-23)26-19-27(20-6-2-1-3-7-20)37-33-29(26)30(35)31(41-33)32(39)36-24-13-11-21(12-14-24)28(38)16-15-25-10-5-17-40-25/h1-19H,35H2,(H,36,39)/b16-15+. The number of amides is 1. The van der Waals surface area contributed by atoms with E-state index >= 15 is 0 Å². The second kappa shape index (κ2) is 11.3. The van der Waals surface area contributed by atoms with Gasteiger partial charge < -0.3 is 11.1 Å². The average Bonchev–Trinajstić information content (AvgIpc) is 3.64. The van der Waals surface area contributed by atoms with E-state index in [0.29, 0.717) is 43.2 Å². The van der Waals surface area contributed by atoms with Crippen LogP contribution in [0.25, 0.3) is 38.7 Å². The number of nitrogen functional groups attached to an aromatic ring is 1. The third-order valence-electron chi connectivity index (χ3n) is 6.48. The predicted molar refractivity (Wildman–Crippen MR) is 167 cm³/mol. The number of carbonyl (C=O) groups is 2. The Bertz CT molecular complexity index is 1910. The number of rotatable bonds is 7. The number of thiophene rings is 2. The summed E-state index contributed by atoms with van der Waals surface area (Å²) in [4.78, 5) is 32.6. The van der Waals surface area contributed by atoms with E-state index in [4.69, 9.17) is 10.7 Å². The molecule has 3 aromatic heterocycles. The summed E-state index contributed by atoms with van der Waals surface area (Å²) in [5, 5.41) is 5.42. The van der Waals surface area contributed by atoms with Gasteiger partial charge in [0.05, 0.1) is 11.4 Å². The fourth-order valence-corrected chi connectivity index (χ4v) is 6.11. The highest BCUT2D eigenvalue weighted by atomic mass is 32.1. The summed E-state index contributed by atoms with van der Waals surface area (Å²) < 4.78 is 14.2. The number of hydrogen-bond acceptors (Lipinski definition) is 6. The van der Waals surface area contributed by atoms with Crippen LogP contribution >= 0.6 is 22.7 Å². The summed E-state index contributed by atoms with van der Waals surface area (Å²) in [6, 6.07) is 28.4. The molecule has 0 unspecified atom stereocenters. The van der Waals surface area contributed by atoms with E-state index < -0.39 is 5.91 Å². The lowest BCUT2D eigenvalue weighted by atomic mass is 9.99. The first-order chi connectivity index (χ1) is 20.0. The van der Waals surface area contributed by atoms with Crippen molar-refractivity contribution in [1.82, 2.24) is 4.98 Å². The van der Waals surface area contributed by atoms with E-state index in [1.165, 1.54) is 29.5 Å². The molecule has 200 valence electrons. The van der Waals surface area contributed by atoms with E-state index in [9.17, 15) is 14.0 Å². The number of carbonyl (C=O) groups excluding carboxylic acids is 2. The zero-order valence-electron chi connectivity index (χ0n) is 21.5. The van der Waals surface area contributed by atoms with Crippen LogP contribution in [0.3, 0.4) is 0 Å². The van der Waals surface area contributed by atoms with Crippen LogP contribution in [0.1, 0.15) is 24.9 Å². The van der Waals surface area contributed by atoms with Gasteiger partial charge in [-0.3, -0.25) is 9.59 Å². The van der Waals surface area contributed by atoms with Crippen LogP contribution in [0.4, 0.5) is 15.8 Å². The molecule has 8 heteroatoms. The molecular weight excluding hydrogens is 554 g/mol. The van der Waals surface area contributed by atoms with Crippen molar-refractivity contribution in [1.29, 1.82) is 0 Å². The number of anilines is 2. The molecule has 6 aromatic rings. The van der Waals surface area contributed by atoms with Gasteiger partial charge in [-0.1, -0.05) is 48.5 Å². The largest absolute Gasteiger partial charge is 0.397 e. The number of fused-ring (bicyclic) bond motifs is 1. The van der Waals surface area contributed by atoms with Crippen LogP contribution in [0.2, 0.25) is 0 Å². The first-order valence-electron chi connectivity index (χ1n) is 12.7. The quantitative estimate of drug-likeness (QED) is 0.148. The zero-order valence-corrected chi connectivity index (χ0v) is 23.1. The molecule has 0 atom stereocenters. The summed E-state index contributed by atoms with van der Waals surface area (Å²) >= 11 is 2.73. The molecular formula is C33H22FN3O2S2. The molecule has 0 aliphatic heterocycles. The first kappa shape index (κ1) is 26.3. The molecule has 0 saturated carbocycles. The van der Waals surface area contributed by atoms with Crippen molar-refractivity contribution < 1.29 is 14.0 Å². The van der Waals surface area contributed by atoms with Crippen LogP contribution in [0.5, 0.6) is 0 Å². The predicted octanol–water partition coefficient (Wildman–Crippen LogP) is 8.56. The monoisotopic (exact) mass is 575 g/mol. The molecule has 0 bridgehead atoms. The van der Waals surface area contributed by atoms with Gasteiger partial charge in [-0.15, -0.1) is 22.7 Å². The van der Waals surface area contributed by atoms with E-state index in [1.54, 1.807) is 47.7 Å². The molecule has 0 spiro atoms. The summed E-state index contributed by atoms with van der Waals surface area (Å²) in [5.74, 6) is -0.895. The lowest BCUT2D eigenvalue weighted by Gasteiger charge is -2.09. The molecule has 0 aliphatic carbocycles. The fourth-order valence-electron chi connectivity index (χ4n) is 4.48. The number of halogens is 1. The van der Waals surface area contributed by atoms with Gasteiger partial charge in [0.15, 0.2) is 5.78 Å². The van der Waals surface area contributed by atoms with Gasteiger partial charge in [0.1, 0.15) is 15.5 Å². The highest BCUT2D eigenvalue weighted by molar-refractivity contribution is 7.21. The van der Waals surface area contributed by atoms with Gasteiger partial charge in [-0.2, -0.15) is 0 Å². The minimum Gasteiger partial charge on any atom is -0.397 e. The Morgan fingerprint density at radius 2 is 1.66 bits per heavy atom. The minimum atomic E-state index is -0.395. The number of pyridine rings is 1. The van der Waals surface area contributed by atoms with Gasteiger partial charge in [0.2, 0.25) is 0 Å². The smallest absolute Gasteiger partial charge is 0.267 e. The molecule has 3 heterocycles. The second-order valence-electron chi connectivity index (χ2n) is 9.20. The number of nitrogens with one attached hydrogen (secondary N) is 1. The number of ketones is 1. The highest BCUT2D eigenvalue weighted by Crippen LogP contribution is 2.41. The van der Waals surface area contributed by atoms with Crippen molar-refractivity contribution in [2.24, 2.45) is 0 Å². The van der Waals surface area contributed by atoms with Crippen LogP contribution in [-0.2, 0) is 0 Å². The Kier molecular flexibility index (Phi) is 7.24. The minimum absolute atomic E-state index is 0.129. The Morgan fingerprint density at radius 3 is 2.39 bits per heavy atom. The van der Waals surface area contributed by atoms with Gasteiger partial charge >= 0.3 is 0 Å². The topological polar surface area (TPSA) is 85.1 Å². The van der Waals surface area contributed by atoms with Crippen LogP contribution in [-0.4, -0.2) is 16.7 Å². The van der Waals surface area contributed by atoms with Gasteiger partial charge in [0, 0.05) is 27.1 Å². The Morgan fingerprint density at radius 1 is 0.878 bits per heavy atom. The molecule has 0 fully saturated rings. The lowest BCUT2D eigenvalue weighted by Crippen LogP contribution is -2.12. The van der Waals surface area contributed by atoms with Crippen molar-refractivity contribution in [3.63, 3.8) is 0 Å². The highest BCUT2D eigenvalue weighted by Gasteiger charge is 2.22. The molecule has 1 amide bonds. The summed E-state index contributed by atoms with van der Waals surface area (Å²) in [6.45, 7) is 0. The van der Waals surface area contributed by atoms with Crippen LogP contribution < -0.4 is 11.1 Å². The van der Waals surface area contributed by atoms with Gasteiger partial charge in [0.25, 0.3) is 5.91 Å². The SMILES string of the molecule is Nc1c(C(=O)Nc2ccc(C(=O)/C=C/c3cccs3)cc2)sc2nc(-c3ccccc3)cc(-c3cccc(F)c3)c12. The average molecular weight is 576 g/mol. The molecule has 41 heavy (non-hydrogen) atoms. The number of nitrogens with two attached hydrogens (primary N) is 1. The number of allylic oxidation sites excluding steroid dienone is 1. The maximum absolute atomic E-state index is 14.2. The Labute approximate surface area is 243 Å². The maximum atomic E-state index is 14.2. The van der Waals surface area contributed by atoms with E-state index in [2.05, 4.69) is 5.32 Å². The van der Waals surface area contributed by atoms with Crippen molar-refractivity contribution >= 4 is 62.0 Å². The van der Waals surface area contributed by atoms with Crippen LogP contribution in [0, 0.1) is 5.82 Å². The third kappa shape index (κ3) is 5.56. The molecule has 0 aliphatic rings. The lowest BCUT2D eigenvalue weighted by molar-refractivity contribution is 0.102. The molecule has 5 nitrogen and oxygen atoms in total. The number of nitrogens with zero attached hydrogens (tertiary/aromatic N) is 1. The Hall–Kier alpha value is -4.92. The summed E-state index contributed by atoms with van der Waals surface area (Å²) in [7, 11) is 0. The molecule has 6 rings (SSSR count). The van der Waals surface area contributed by atoms with Crippen molar-refractivity contribution in [3.05, 3.63) is 130 Å². The molecule has 3 aromatic carbocycles. The van der Waals surface area contributed by atoms with Crippen LogP contribution in [0.15, 0.2) is 109 Å². The Balaban J connectivity index is 1.32. The zero-order chi connectivity index (χ0) is 28.3. The number of aromatic nitrogens is 1. The van der Waals surface area contributed by atoms with E-state index in [0.717, 1.165) is 10.4 Å². The van der Waals surface area contributed by atoms with E-state index in [-0.39, 0.29) is 17.3 Å². The van der Waals surface area contributed by atoms with Crippen molar-refractivity contribution in [2.75, 3.05) is 11.1 Å². The summed E-state index contributed by atoms with van der Waals surface area (Å²) in [5.41, 5.74) is 10.8. The van der Waals surface area contributed by atoms with Crippen molar-refractivity contribution in [2.45, 2.75) is 0 Å². The summed E-state index contributed by atoms with van der Waals surface area (Å²) in [6.07, 6.45) is 3.31. The van der Waals surface area contributed by atoms with Gasteiger partial charge in [-0.25, -0.2) is 9.37 Å². The van der Waals surface area contributed by atoms with Crippen molar-refractivity contribution in [3.8, 4) is 22.4 Å². The third-order valence-corrected chi connectivity index (χ3v) is 8.42. The molecule has 0 radical (unpaired) electrons. The number of hydrogen-bond donors (Lipinski definition) is 2.